The number of aliphatic hydroxyl groups excluding tert-OH is 1. The molecule has 2 nitrogen and oxygen atoms in total. The Hall–Kier alpha value is -1.45. The van der Waals surface area contributed by atoms with Gasteiger partial charge in [-0.15, -0.1) is 0 Å². The molecule has 106 valence electrons. The van der Waals surface area contributed by atoms with Crippen molar-refractivity contribution < 1.29 is 5.11 Å². The summed E-state index contributed by atoms with van der Waals surface area (Å²) in [6, 6.07) is 17.3. The summed E-state index contributed by atoms with van der Waals surface area (Å²) in [6.07, 6.45) is 3.38. The van der Waals surface area contributed by atoms with E-state index in [1.54, 1.807) is 0 Å². The first kappa shape index (κ1) is 14.9. The Morgan fingerprint density at radius 3 is 2.40 bits per heavy atom. The molecule has 0 spiro atoms. The van der Waals surface area contributed by atoms with E-state index in [9.17, 15) is 5.11 Å². The molecule has 0 radical (unpaired) electrons. The van der Waals surface area contributed by atoms with Gasteiger partial charge in [0.2, 0.25) is 0 Å². The Balaban J connectivity index is 1.89. The molecule has 2 aromatic rings. The zero-order valence-electron chi connectivity index (χ0n) is 12.3. The minimum Gasteiger partial charge on any atom is -0.393 e. The quantitative estimate of drug-likeness (QED) is 0.828. The molecule has 1 aromatic carbocycles. The van der Waals surface area contributed by atoms with Crippen molar-refractivity contribution in [3.8, 4) is 0 Å². The Kier molecular flexibility index (Phi) is 5.09. The molecule has 1 N–H and O–H groups in total. The number of hydrogen-bond acceptors (Lipinski definition) is 2. The molecular weight excluding hydrogens is 262 g/mol. The minimum absolute atomic E-state index is 0.237. The van der Waals surface area contributed by atoms with Gasteiger partial charge in [-0.3, -0.25) is 4.98 Å². The molecule has 3 heteroatoms. The molecule has 20 heavy (non-hydrogen) atoms. The van der Waals surface area contributed by atoms with Gasteiger partial charge in [0.05, 0.1) is 6.10 Å². The number of aromatic nitrogens is 1. The maximum atomic E-state index is 10.3. The molecular formula is C17H23NOSi. The molecule has 1 unspecified atom stereocenters. The summed E-state index contributed by atoms with van der Waals surface area (Å²) in [5.74, 6) is 0. The summed E-state index contributed by atoms with van der Waals surface area (Å²) in [7, 11) is -1.64. The molecule has 0 aliphatic rings. The van der Waals surface area contributed by atoms with Crippen molar-refractivity contribution in [3.05, 3.63) is 60.3 Å². The fourth-order valence-electron chi connectivity index (χ4n) is 2.54. The molecule has 0 saturated carbocycles. The van der Waals surface area contributed by atoms with Crippen LogP contribution in [-0.2, 0) is 6.42 Å². The molecule has 0 bridgehead atoms. The average Bonchev–Trinajstić information content (AvgIpc) is 2.47. The second-order valence-corrected chi connectivity index (χ2v) is 10.7. The highest BCUT2D eigenvalue weighted by atomic mass is 28.3. The first-order chi connectivity index (χ1) is 9.58. The van der Waals surface area contributed by atoms with Crippen LogP contribution in [-0.4, -0.2) is 24.3 Å². The van der Waals surface area contributed by atoms with Crippen molar-refractivity contribution in [2.75, 3.05) is 0 Å². The second-order valence-electron chi connectivity index (χ2n) is 5.98. The zero-order chi connectivity index (χ0) is 14.4. The number of benzene rings is 1. The van der Waals surface area contributed by atoms with Crippen LogP contribution in [0.4, 0.5) is 0 Å². The summed E-state index contributed by atoms with van der Waals surface area (Å²) < 4.78 is 0. The van der Waals surface area contributed by atoms with E-state index in [0.717, 1.165) is 18.9 Å². The van der Waals surface area contributed by atoms with Crippen molar-refractivity contribution in [2.45, 2.75) is 38.1 Å². The Labute approximate surface area is 122 Å². The first-order valence-electron chi connectivity index (χ1n) is 7.21. The Morgan fingerprint density at radius 2 is 1.75 bits per heavy atom. The van der Waals surface area contributed by atoms with E-state index in [0.29, 0.717) is 0 Å². The van der Waals surface area contributed by atoms with Gasteiger partial charge in [0.25, 0.3) is 0 Å². The summed E-state index contributed by atoms with van der Waals surface area (Å²) in [5.41, 5.74) is 1.30. The van der Waals surface area contributed by atoms with Crippen LogP contribution in [0.25, 0.3) is 0 Å². The highest BCUT2D eigenvalue weighted by Gasteiger charge is 2.27. The SMILES string of the molecule is C[Si](C)(CC(O)CCc1ccccc1)c1ccccn1. The van der Waals surface area contributed by atoms with Crippen LogP contribution in [0, 0.1) is 0 Å². The number of rotatable bonds is 6. The van der Waals surface area contributed by atoms with Gasteiger partial charge in [0, 0.05) is 11.5 Å². The third-order valence-corrected chi connectivity index (χ3v) is 6.89. The van der Waals surface area contributed by atoms with E-state index < -0.39 is 8.07 Å². The molecule has 0 aliphatic heterocycles. The van der Waals surface area contributed by atoms with Crippen LogP contribution in [0.15, 0.2) is 54.7 Å². The zero-order valence-corrected chi connectivity index (χ0v) is 13.3. The van der Waals surface area contributed by atoms with Crippen molar-refractivity contribution in [3.63, 3.8) is 0 Å². The van der Waals surface area contributed by atoms with Gasteiger partial charge in [0.1, 0.15) is 8.07 Å². The summed E-state index contributed by atoms with van der Waals surface area (Å²) in [4.78, 5) is 4.47. The average molecular weight is 285 g/mol. The van der Waals surface area contributed by atoms with Gasteiger partial charge in [-0.1, -0.05) is 49.5 Å². The van der Waals surface area contributed by atoms with Crippen molar-refractivity contribution in [2.24, 2.45) is 0 Å². The lowest BCUT2D eigenvalue weighted by Crippen LogP contribution is -2.45. The Morgan fingerprint density at radius 1 is 1.05 bits per heavy atom. The lowest BCUT2D eigenvalue weighted by atomic mass is 10.1. The number of nitrogens with zero attached hydrogens (tertiary/aromatic N) is 1. The summed E-state index contributed by atoms with van der Waals surface area (Å²) in [6.45, 7) is 4.56. The number of pyridine rings is 1. The topological polar surface area (TPSA) is 33.1 Å². The monoisotopic (exact) mass is 285 g/mol. The van der Waals surface area contributed by atoms with E-state index in [1.807, 2.05) is 36.5 Å². The fraction of sp³-hybridized carbons (Fsp3) is 0.353. The van der Waals surface area contributed by atoms with Crippen LogP contribution in [0.1, 0.15) is 12.0 Å². The molecule has 0 aliphatic carbocycles. The van der Waals surface area contributed by atoms with Gasteiger partial charge < -0.3 is 5.11 Å². The molecule has 1 atom stereocenters. The predicted molar refractivity (Wildman–Crippen MR) is 86.9 cm³/mol. The standard InChI is InChI=1S/C17H23NOSi/c1-20(2,17-10-6-7-13-18-17)14-16(19)12-11-15-8-4-3-5-9-15/h3-10,13,16,19H,11-12,14H2,1-2H3. The smallest absolute Gasteiger partial charge is 0.107 e. The Bertz CT molecular complexity index is 513. The van der Waals surface area contributed by atoms with Crippen LogP contribution >= 0.6 is 0 Å². The highest BCUT2D eigenvalue weighted by molar-refractivity contribution is 6.89. The summed E-state index contributed by atoms with van der Waals surface area (Å²) >= 11 is 0. The van der Waals surface area contributed by atoms with Crippen LogP contribution in [0.2, 0.25) is 19.1 Å². The van der Waals surface area contributed by atoms with Gasteiger partial charge >= 0.3 is 0 Å². The maximum Gasteiger partial charge on any atom is 0.107 e. The van der Waals surface area contributed by atoms with E-state index >= 15 is 0 Å². The number of hydrogen-bond donors (Lipinski definition) is 1. The predicted octanol–water partition coefficient (Wildman–Crippen LogP) is 2.99. The number of aryl methyl sites for hydroxylation is 1. The highest BCUT2D eigenvalue weighted by Crippen LogP contribution is 2.16. The second kappa shape index (κ2) is 6.82. The van der Waals surface area contributed by atoms with Gasteiger partial charge in [-0.05, 0) is 36.6 Å². The van der Waals surface area contributed by atoms with Crippen molar-refractivity contribution >= 4 is 13.4 Å². The normalized spacial score (nSPS) is 13.2. The van der Waals surface area contributed by atoms with Gasteiger partial charge in [0.15, 0.2) is 0 Å². The van der Waals surface area contributed by atoms with E-state index in [2.05, 4.69) is 36.3 Å². The van der Waals surface area contributed by atoms with Crippen molar-refractivity contribution in [1.29, 1.82) is 0 Å². The lowest BCUT2D eigenvalue weighted by Gasteiger charge is -2.24. The van der Waals surface area contributed by atoms with Gasteiger partial charge in [-0.2, -0.15) is 0 Å². The molecule has 1 aromatic heterocycles. The van der Waals surface area contributed by atoms with Crippen LogP contribution in [0.5, 0.6) is 0 Å². The maximum absolute atomic E-state index is 10.3. The van der Waals surface area contributed by atoms with E-state index in [-0.39, 0.29) is 6.10 Å². The third-order valence-electron chi connectivity index (χ3n) is 3.71. The minimum atomic E-state index is -1.64. The van der Waals surface area contributed by atoms with Crippen LogP contribution in [0.3, 0.4) is 0 Å². The summed E-state index contributed by atoms with van der Waals surface area (Å²) in [5, 5.41) is 11.5. The third kappa shape index (κ3) is 4.29. The number of aliphatic hydroxyl groups is 1. The van der Waals surface area contributed by atoms with E-state index in [4.69, 9.17) is 0 Å². The first-order valence-corrected chi connectivity index (χ1v) is 10.4. The van der Waals surface area contributed by atoms with Gasteiger partial charge in [-0.25, -0.2) is 0 Å². The molecule has 0 saturated heterocycles. The molecule has 0 amide bonds. The van der Waals surface area contributed by atoms with Crippen LogP contribution < -0.4 is 5.32 Å². The van der Waals surface area contributed by atoms with E-state index in [1.165, 1.54) is 10.9 Å². The largest absolute Gasteiger partial charge is 0.393 e. The molecule has 0 fully saturated rings. The fourth-order valence-corrected chi connectivity index (χ4v) is 5.10. The molecule has 2 rings (SSSR count). The molecule has 1 heterocycles. The lowest BCUT2D eigenvalue weighted by molar-refractivity contribution is 0.183. The van der Waals surface area contributed by atoms with Crippen molar-refractivity contribution in [1.82, 2.24) is 4.98 Å².